The molecule has 0 saturated carbocycles. The molecule has 30 heavy (non-hydrogen) atoms. The van der Waals surface area contributed by atoms with E-state index < -0.39 is 31.0 Å². The van der Waals surface area contributed by atoms with E-state index in [-0.39, 0.29) is 17.4 Å². The fourth-order valence-electron chi connectivity index (χ4n) is 3.56. The van der Waals surface area contributed by atoms with Gasteiger partial charge in [-0.15, -0.1) is 0 Å². The maximum Gasteiger partial charge on any atom is 0.289 e. The summed E-state index contributed by atoms with van der Waals surface area (Å²) in [6.07, 6.45) is 1.46. The molecule has 0 saturated heterocycles. The van der Waals surface area contributed by atoms with E-state index in [4.69, 9.17) is 16.3 Å². The molecular weight excluding hydrogens is 423 g/mol. The van der Waals surface area contributed by atoms with Crippen molar-refractivity contribution in [3.63, 3.8) is 0 Å². The molecule has 2 rings (SSSR count). The topological polar surface area (TPSA) is 44.1 Å². The Bertz CT molecular complexity index is 938. The smallest absolute Gasteiger partial charge is 0.289 e. The molecule has 0 radical (unpaired) electrons. The number of aromatic nitrogens is 2. The lowest BCUT2D eigenvalue weighted by atomic mass is 10.1. The molecule has 4 nitrogen and oxygen atoms in total. The van der Waals surface area contributed by atoms with Gasteiger partial charge in [0.05, 0.1) is 11.7 Å². The Kier molecular flexibility index (Phi) is 6.76. The number of halogens is 2. The summed E-state index contributed by atoms with van der Waals surface area (Å²) in [7, 11) is -2.58. The van der Waals surface area contributed by atoms with Gasteiger partial charge in [0.2, 0.25) is 0 Å². The largest absolute Gasteiger partial charge is 0.485 e. The molecule has 0 fully saturated rings. The highest BCUT2D eigenvalue weighted by Crippen LogP contribution is 2.73. The minimum Gasteiger partial charge on any atom is -0.485 e. The summed E-state index contributed by atoms with van der Waals surface area (Å²) in [5.41, 5.74) is -0.00583. The first-order valence-corrected chi connectivity index (χ1v) is 11.9. The van der Waals surface area contributed by atoms with Crippen molar-refractivity contribution < 1.29 is 8.62 Å². The highest BCUT2D eigenvalue weighted by atomic mass is 35.5. The molecule has 0 spiro atoms. The molecule has 0 atom stereocenters. The molecule has 0 bridgehead atoms. The van der Waals surface area contributed by atoms with Gasteiger partial charge in [0.1, 0.15) is 6.61 Å². The summed E-state index contributed by atoms with van der Waals surface area (Å²) in [4.78, 5) is 13.2. The third kappa shape index (κ3) is 4.70. The summed E-state index contributed by atoms with van der Waals surface area (Å²) in [5.74, 6) is 0.237. The van der Waals surface area contributed by atoms with Crippen LogP contribution in [0.25, 0.3) is 0 Å². The average Bonchev–Trinajstić information content (AvgIpc) is 2.59. The van der Waals surface area contributed by atoms with Crippen LogP contribution in [0.4, 0.5) is 3.89 Å². The van der Waals surface area contributed by atoms with Gasteiger partial charge in [-0.2, -0.15) is 8.98 Å². The third-order valence-corrected chi connectivity index (χ3v) is 9.50. The maximum absolute atomic E-state index is 16.3. The molecule has 0 aliphatic rings. The predicted molar refractivity (Wildman–Crippen MR) is 126 cm³/mol. The molecule has 0 aliphatic heterocycles. The van der Waals surface area contributed by atoms with Gasteiger partial charge in [0, 0.05) is 14.4 Å². The van der Waals surface area contributed by atoms with E-state index in [1.807, 2.05) is 86.6 Å². The summed E-state index contributed by atoms with van der Waals surface area (Å²) >= 11 is 6.21. The van der Waals surface area contributed by atoms with Gasteiger partial charge in [-0.1, -0.05) is 34.1 Å². The monoisotopic (exact) mass is 456 g/mol. The van der Waals surface area contributed by atoms with Gasteiger partial charge >= 0.3 is 0 Å². The fourth-order valence-corrected chi connectivity index (χ4v) is 7.50. The van der Waals surface area contributed by atoms with Gasteiger partial charge < -0.3 is 4.74 Å². The van der Waals surface area contributed by atoms with E-state index >= 15 is 3.89 Å². The molecular formula is C23H34ClFN2O2S. The van der Waals surface area contributed by atoms with Crippen LogP contribution in [0.3, 0.4) is 0 Å². The number of benzene rings is 1. The minimum atomic E-state index is -2.58. The standard InChI is InChI=1S/C23H34ClFN2O2S/c1-21(2,3)27-20(28)19(24)18(14-26-27)29-15-16-10-12-17(13-11-16)30(25,22(4,5)6)23(7,8)9/h10-14H,15H2,1-9H3. The summed E-state index contributed by atoms with van der Waals surface area (Å²) in [6.45, 7) is 17.6. The van der Waals surface area contributed by atoms with Gasteiger partial charge in [-0.3, -0.25) is 4.79 Å². The van der Waals surface area contributed by atoms with Gasteiger partial charge in [-0.25, -0.2) is 4.68 Å². The van der Waals surface area contributed by atoms with Gasteiger partial charge in [0.15, 0.2) is 10.8 Å². The van der Waals surface area contributed by atoms with Crippen LogP contribution in [0.1, 0.15) is 67.9 Å². The van der Waals surface area contributed by atoms with E-state index in [0.29, 0.717) is 0 Å². The Morgan fingerprint density at radius 3 is 1.93 bits per heavy atom. The lowest BCUT2D eigenvalue weighted by Gasteiger charge is -2.52. The molecule has 1 aromatic carbocycles. The van der Waals surface area contributed by atoms with E-state index in [1.54, 1.807) is 0 Å². The maximum atomic E-state index is 16.3. The average molecular weight is 457 g/mol. The molecule has 0 N–H and O–H groups in total. The molecule has 0 amide bonds. The van der Waals surface area contributed by atoms with Crippen molar-refractivity contribution >= 4 is 22.0 Å². The normalized spacial score (nSPS) is 14.0. The SMILES string of the molecule is CC(C)(C)n1ncc(OCc2ccc(S(F)(C(C)(C)C)C(C)(C)C)cc2)c(Cl)c1=O. The lowest BCUT2D eigenvalue weighted by molar-refractivity contribution is 0.292. The van der Waals surface area contributed by atoms with Crippen molar-refractivity contribution in [3.8, 4) is 5.75 Å². The second-order valence-corrected chi connectivity index (χ2v) is 14.8. The van der Waals surface area contributed by atoms with E-state index in [1.165, 1.54) is 10.9 Å². The zero-order chi connectivity index (χ0) is 23.1. The van der Waals surface area contributed by atoms with Crippen LogP contribution in [0, 0.1) is 0 Å². The number of nitrogens with zero attached hydrogens (tertiary/aromatic N) is 2. The first-order valence-electron chi connectivity index (χ1n) is 10.0. The van der Waals surface area contributed by atoms with Gasteiger partial charge in [-0.05, 0) is 80.0 Å². The predicted octanol–water partition coefficient (Wildman–Crippen LogP) is 6.88. The van der Waals surface area contributed by atoms with E-state index in [9.17, 15) is 4.79 Å². The number of hydrogen-bond donors (Lipinski definition) is 0. The Morgan fingerprint density at radius 2 is 1.50 bits per heavy atom. The van der Waals surface area contributed by atoms with Crippen LogP contribution in [-0.2, 0) is 12.1 Å². The second-order valence-electron chi connectivity index (χ2n) is 10.4. The zero-order valence-electron chi connectivity index (χ0n) is 19.5. The van der Waals surface area contributed by atoms with Crippen LogP contribution in [0.5, 0.6) is 5.75 Å². The zero-order valence-corrected chi connectivity index (χ0v) is 21.0. The second kappa shape index (κ2) is 8.19. The van der Waals surface area contributed by atoms with E-state index in [0.717, 1.165) is 10.5 Å². The Labute approximate surface area is 186 Å². The molecule has 7 heteroatoms. The lowest BCUT2D eigenvalue weighted by Crippen LogP contribution is -2.36. The van der Waals surface area contributed by atoms with Crippen LogP contribution < -0.4 is 10.3 Å². The van der Waals surface area contributed by atoms with Crippen molar-refractivity contribution in [1.82, 2.24) is 9.78 Å². The van der Waals surface area contributed by atoms with Crippen molar-refractivity contribution in [3.05, 3.63) is 51.4 Å². The fraction of sp³-hybridized carbons (Fsp3) is 0.565. The molecule has 0 aliphatic carbocycles. The Hall–Kier alpha value is -1.53. The Balaban J connectivity index is 2.26. The quantitative estimate of drug-likeness (QED) is 0.503. The van der Waals surface area contributed by atoms with Crippen LogP contribution in [0.15, 0.2) is 40.2 Å². The summed E-state index contributed by atoms with van der Waals surface area (Å²) in [5, 5.41) is 4.18. The first kappa shape index (κ1) is 24.7. The molecule has 168 valence electrons. The third-order valence-electron chi connectivity index (χ3n) is 4.85. The summed E-state index contributed by atoms with van der Waals surface area (Å²) < 4.78 is 22.4. The van der Waals surface area contributed by atoms with Crippen LogP contribution in [0.2, 0.25) is 5.02 Å². The number of ether oxygens (including phenoxy) is 1. The van der Waals surface area contributed by atoms with E-state index in [2.05, 4.69) is 5.10 Å². The highest BCUT2D eigenvalue weighted by molar-refractivity contribution is 8.31. The van der Waals surface area contributed by atoms with Crippen LogP contribution in [-0.4, -0.2) is 19.3 Å². The molecule has 0 unspecified atom stereocenters. The van der Waals surface area contributed by atoms with Crippen molar-refractivity contribution in [2.75, 3.05) is 0 Å². The Morgan fingerprint density at radius 1 is 1.00 bits per heavy atom. The molecule has 2 aromatic rings. The number of hydrogen-bond acceptors (Lipinski definition) is 3. The highest BCUT2D eigenvalue weighted by Gasteiger charge is 2.47. The minimum absolute atomic E-state index is 0.00392. The van der Waals surface area contributed by atoms with Crippen molar-refractivity contribution in [2.45, 2.75) is 88.8 Å². The number of rotatable bonds is 4. The first-order chi connectivity index (χ1) is 13.5. The summed E-state index contributed by atoms with van der Waals surface area (Å²) in [6, 6.07) is 7.43. The molecule has 1 aromatic heterocycles. The van der Waals surface area contributed by atoms with Crippen molar-refractivity contribution in [2.24, 2.45) is 0 Å². The van der Waals surface area contributed by atoms with Gasteiger partial charge in [0.25, 0.3) is 5.56 Å². The van der Waals surface area contributed by atoms with Crippen molar-refractivity contribution in [1.29, 1.82) is 0 Å². The molecule has 1 heterocycles. The van der Waals surface area contributed by atoms with Crippen LogP contribution >= 0.6 is 22.0 Å².